The van der Waals surface area contributed by atoms with Crippen LogP contribution in [0.1, 0.15) is 157 Å². The third-order valence-corrected chi connectivity index (χ3v) is 14.6. The highest BCUT2D eigenvalue weighted by atomic mass is 16.3. The van der Waals surface area contributed by atoms with Gasteiger partial charge in [0.15, 0.2) is 0 Å². The maximum absolute atomic E-state index is 14.5. The lowest BCUT2D eigenvalue weighted by Crippen LogP contribution is -2.56. The summed E-state index contributed by atoms with van der Waals surface area (Å²) >= 11 is 0. The lowest BCUT2D eigenvalue weighted by atomic mass is 10.1. The maximum Gasteiger partial charge on any atom is 0.242 e. The Bertz CT molecular complexity index is 2010. The molecule has 0 unspecified atom stereocenters. The average Bonchev–Trinajstić information content (AvgIpc) is 3.40. The van der Waals surface area contributed by atoms with Crippen LogP contribution in [0.5, 0.6) is 0 Å². The van der Waals surface area contributed by atoms with E-state index in [2.05, 4.69) is 5.32 Å². The number of aliphatic hydroxyl groups is 4. The van der Waals surface area contributed by atoms with Crippen LogP contribution in [0.25, 0.3) is 0 Å². The van der Waals surface area contributed by atoms with E-state index in [0.717, 1.165) is 26.0 Å². The summed E-state index contributed by atoms with van der Waals surface area (Å²) in [6.07, 6.45) is -1.60. The van der Waals surface area contributed by atoms with Gasteiger partial charge in [0.25, 0.3) is 0 Å². The van der Waals surface area contributed by atoms with E-state index < -0.39 is 142 Å². The van der Waals surface area contributed by atoms with Gasteiger partial charge in [0, 0.05) is 62.4 Å². The number of carbonyl (C=O) groups is 10. The summed E-state index contributed by atoms with van der Waals surface area (Å²) in [6, 6.07) is -2.37. The minimum Gasteiger partial charge on any atom is -0.392 e. The minimum atomic E-state index is -1.17. The van der Waals surface area contributed by atoms with Gasteiger partial charge in [-0.05, 0) is 108 Å². The van der Waals surface area contributed by atoms with Gasteiger partial charge in [-0.15, -0.1) is 0 Å². The fourth-order valence-corrected chi connectivity index (χ4v) is 8.52. The third kappa shape index (κ3) is 28.2. The number of amides is 10. The van der Waals surface area contributed by atoms with Crippen molar-refractivity contribution in [3.63, 3.8) is 0 Å². The number of carbonyl (C=O) groups excluding carboxylic acids is 10. The van der Waals surface area contributed by atoms with Crippen LogP contribution >= 0.6 is 0 Å². The number of rotatable bonds is 40. The van der Waals surface area contributed by atoms with E-state index in [1.165, 1.54) is 52.2 Å². The molecule has 7 N–H and O–H groups in total. The number of nitrogens with two attached hydrogens (primary N) is 1. The molecule has 10 amide bonds. The van der Waals surface area contributed by atoms with E-state index in [1.54, 1.807) is 55.4 Å². The monoisotopic (exact) mass is 1170 g/mol. The second-order valence-corrected chi connectivity index (χ2v) is 22.0. The highest BCUT2D eigenvalue weighted by Crippen LogP contribution is 2.15. The molecule has 0 aromatic carbocycles. The Kier molecular flexibility index (Phi) is 38.2. The summed E-state index contributed by atoms with van der Waals surface area (Å²) in [5.74, 6) is -6.53. The van der Waals surface area contributed by atoms with Gasteiger partial charge in [-0.2, -0.15) is 0 Å². The molecule has 0 spiro atoms. The molecule has 0 fully saturated rings. The van der Waals surface area contributed by atoms with Gasteiger partial charge in [0.1, 0.15) is 26.2 Å². The van der Waals surface area contributed by atoms with Crippen molar-refractivity contribution in [2.75, 3.05) is 91.6 Å². The van der Waals surface area contributed by atoms with Crippen LogP contribution in [0.2, 0.25) is 0 Å². The van der Waals surface area contributed by atoms with Gasteiger partial charge in [-0.3, -0.25) is 47.9 Å². The molecule has 0 aromatic heterocycles. The van der Waals surface area contributed by atoms with Crippen LogP contribution in [-0.4, -0.2) is 276 Å². The van der Waals surface area contributed by atoms with Crippen LogP contribution in [0, 0.1) is 0 Å². The molecule has 82 heavy (non-hydrogen) atoms. The summed E-state index contributed by atoms with van der Waals surface area (Å²) in [7, 11) is 0. The number of hydrogen-bond donors (Lipinski definition) is 6. The zero-order valence-corrected chi connectivity index (χ0v) is 51.9. The van der Waals surface area contributed by atoms with E-state index in [9.17, 15) is 68.4 Å². The Balaban J connectivity index is 0. The Hall–Kier alpha value is -5.50. The molecular formula is C57H109N11O14. The molecular weight excluding hydrogens is 1060 g/mol. The van der Waals surface area contributed by atoms with Crippen molar-refractivity contribution < 1.29 is 68.4 Å². The van der Waals surface area contributed by atoms with Crippen molar-refractivity contribution in [2.24, 2.45) is 5.73 Å². The maximum atomic E-state index is 14.5. The van der Waals surface area contributed by atoms with Crippen LogP contribution < -0.4 is 11.1 Å². The van der Waals surface area contributed by atoms with E-state index >= 15 is 0 Å². The highest BCUT2D eigenvalue weighted by molar-refractivity contribution is 5.94. The number of hydrogen-bond acceptors (Lipinski definition) is 15. The number of nitrogens with zero attached hydrogens (tertiary/aromatic N) is 9. The first-order chi connectivity index (χ1) is 37.7. The normalized spacial score (nSPS) is 14.8. The van der Waals surface area contributed by atoms with E-state index in [1.807, 2.05) is 27.7 Å². The van der Waals surface area contributed by atoms with Crippen LogP contribution in [0.3, 0.4) is 0 Å². The molecule has 0 radical (unpaired) electrons. The number of nitrogens with one attached hydrogen (secondary N) is 1. The zero-order valence-electron chi connectivity index (χ0n) is 51.9. The summed E-state index contributed by atoms with van der Waals surface area (Å²) in [5.41, 5.74) is 5.44. The van der Waals surface area contributed by atoms with Crippen LogP contribution in [-0.2, 0) is 47.9 Å². The molecule has 0 aliphatic rings. The fourth-order valence-electron chi connectivity index (χ4n) is 8.52. The van der Waals surface area contributed by atoms with Gasteiger partial charge in [-0.1, -0.05) is 49.0 Å². The SMILES string of the molecule is C.CC[C@@H](C)N(CC(N)=O)C(=O)CN(C(=O)CN(C[C@H](C)O)C(=O)CN(C[C@@H](C)O)C(=O)CN(C(=O)CN(C(=O)CN(C[C@H](C)O)C(=O)CN(C[C@@H](C)O)C(=O)CN(C(=O)CN[C@@H](C)CC)[C@H](C)CC)[C@@H](C)CC)[C@H](C)CC)[C@@H](C)CC. The Labute approximate surface area is 490 Å². The molecule has 0 aliphatic carbocycles. The Morgan fingerprint density at radius 1 is 0.329 bits per heavy atom. The molecule has 0 saturated carbocycles. The second kappa shape index (κ2) is 39.9. The summed E-state index contributed by atoms with van der Waals surface area (Å²) in [5, 5.41) is 45.2. The lowest BCUT2D eigenvalue weighted by Gasteiger charge is -2.36. The molecule has 476 valence electrons. The van der Waals surface area contributed by atoms with Crippen molar-refractivity contribution in [1.29, 1.82) is 0 Å². The van der Waals surface area contributed by atoms with Crippen molar-refractivity contribution in [3.8, 4) is 0 Å². The summed E-state index contributed by atoms with van der Waals surface area (Å²) in [6.45, 7) is 21.0. The van der Waals surface area contributed by atoms with Crippen molar-refractivity contribution in [1.82, 2.24) is 49.4 Å². The predicted molar refractivity (Wildman–Crippen MR) is 314 cm³/mol. The molecule has 0 rings (SSSR count). The lowest BCUT2D eigenvalue weighted by molar-refractivity contribution is -0.152. The highest BCUT2D eigenvalue weighted by Gasteiger charge is 2.35. The van der Waals surface area contributed by atoms with Crippen LogP contribution in [0.15, 0.2) is 0 Å². The molecule has 0 aromatic rings. The topological polar surface area (TPSA) is 319 Å². The molecule has 25 nitrogen and oxygen atoms in total. The molecule has 10 atom stereocenters. The summed E-state index contributed by atoms with van der Waals surface area (Å²) < 4.78 is 0. The van der Waals surface area contributed by atoms with Gasteiger partial charge in [-0.25, -0.2) is 0 Å². The molecule has 0 heterocycles. The Morgan fingerprint density at radius 3 is 0.768 bits per heavy atom. The standard InChI is InChI=1S/C56H105N11O14.CH4/c1-17-37(7)58-23-48(73)64(39(9)19-3)33-51(76)59(24-43(13)68)29-49(74)62(27-46(16)71)32-54(79)67(42(12)22-6)36-56(81)65(40(10)20-4)34-52(77)60(25-44(14)69)30-50(75)61(26-45(15)70)31-53(78)66(41(11)21-5)35-55(80)63(28-47(57)72)38(8)18-2;/h37-46,58,68-71H,17-36H2,1-16H3,(H2,57,72);1H4/t37-,38+,39+,40+,41-,42-,43+,44+,45-,46-;/m0./s1. The van der Waals surface area contributed by atoms with Crippen molar-refractivity contribution in [2.45, 2.75) is 217 Å². The smallest absolute Gasteiger partial charge is 0.242 e. The first-order valence-corrected chi connectivity index (χ1v) is 29.1. The van der Waals surface area contributed by atoms with Gasteiger partial charge >= 0.3 is 0 Å². The number of primary amides is 1. The predicted octanol–water partition coefficient (Wildman–Crippen LogP) is 0.469. The average molecular weight is 1170 g/mol. The van der Waals surface area contributed by atoms with Gasteiger partial charge in [0.2, 0.25) is 59.1 Å². The molecule has 0 saturated heterocycles. The van der Waals surface area contributed by atoms with Crippen LogP contribution in [0.4, 0.5) is 0 Å². The fraction of sp³-hybridized carbons (Fsp3) is 0.825. The van der Waals surface area contributed by atoms with Gasteiger partial charge in [0.05, 0.1) is 63.7 Å². The van der Waals surface area contributed by atoms with Crippen molar-refractivity contribution >= 4 is 59.1 Å². The molecule has 25 heteroatoms. The first kappa shape index (κ1) is 78.6. The second-order valence-electron chi connectivity index (χ2n) is 22.0. The van der Waals surface area contributed by atoms with E-state index in [0.29, 0.717) is 32.1 Å². The number of aliphatic hydroxyl groups excluding tert-OH is 4. The quantitative estimate of drug-likeness (QED) is 0.0486. The first-order valence-electron chi connectivity index (χ1n) is 29.1. The zero-order chi connectivity index (χ0) is 62.6. The van der Waals surface area contributed by atoms with E-state index in [4.69, 9.17) is 5.73 Å². The molecule has 0 aliphatic heterocycles. The molecule has 0 bridgehead atoms. The van der Waals surface area contributed by atoms with Crippen molar-refractivity contribution in [3.05, 3.63) is 0 Å². The third-order valence-electron chi connectivity index (χ3n) is 14.6. The van der Waals surface area contributed by atoms with E-state index in [-0.39, 0.29) is 77.3 Å². The summed E-state index contributed by atoms with van der Waals surface area (Å²) in [4.78, 5) is 149. The minimum absolute atomic E-state index is 0. The Morgan fingerprint density at radius 2 is 0.537 bits per heavy atom. The van der Waals surface area contributed by atoms with Gasteiger partial charge < -0.3 is 75.6 Å². The largest absolute Gasteiger partial charge is 0.392 e.